The summed E-state index contributed by atoms with van der Waals surface area (Å²) in [6.07, 6.45) is 4.55. The van der Waals surface area contributed by atoms with Gasteiger partial charge in [0.2, 0.25) is 5.91 Å². The molecule has 7 heteroatoms. The number of carbonyl (C=O) groups is 2. The van der Waals surface area contributed by atoms with E-state index in [9.17, 15) is 9.59 Å². The predicted octanol–water partition coefficient (Wildman–Crippen LogP) is 1.46. The van der Waals surface area contributed by atoms with Crippen LogP contribution in [0, 0.1) is 0 Å². The molecule has 0 aromatic carbocycles. The normalized spacial score (nSPS) is 16.2. The first-order valence-corrected chi connectivity index (χ1v) is 8.65. The zero-order valence-corrected chi connectivity index (χ0v) is 15.1. The third kappa shape index (κ3) is 4.36. The Balaban J connectivity index is 1.78. The minimum atomic E-state index is -0.116. The number of anilines is 1. The van der Waals surface area contributed by atoms with Crippen molar-refractivity contribution in [2.75, 3.05) is 25.5 Å². The number of pyridine rings is 2. The lowest BCUT2D eigenvalue weighted by Crippen LogP contribution is -2.41. The summed E-state index contributed by atoms with van der Waals surface area (Å²) >= 11 is 0. The number of hydrogen-bond acceptors (Lipinski definition) is 5. The second kappa shape index (κ2) is 7.95. The number of nitrogens with zero attached hydrogens (tertiary/aromatic N) is 4. The van der Waals surface area contributed by atoms with E-state index in [1.807, 2.05) is 43.3 Å². The summed E-state index contributed by atoms with van der Waals surface area (Å²) in [6, 6.07) is 9.21. The van der Waals surface area contributed by atoms with Gasteiger partial charge in [0.1, 0.15) is 5.82 Å². The minimum Gasteiger partial charge on any atom is -0.363 e. The SMILES string of the molecule is CN(C)c1ccc(C(=O)N(Cc2ccccn2)C[C@@H]2CCC(=O)N2)cn1. The molecular formula is C19H23N5O2. The fourth-order valence-electron chi connectivity index (χ4n) is 2.95. The molecule has 7 nitrogen and oxygen atoms in total. The van der Waals surface area contributed by atoms with Crippen LogP contribution < -0.4 is 10.2 Å². The molecule has 1 saturated heterocycles. The molecule has 26 heavy (non-hydrogen) atoms. The Labute approximate surface area is 153 Å². The Morgan fingerprint density at radius 1 is 1.23 bits per heavy atom. The molecule has 0 aliphatic carbocycles. The number of carbonyl (C=O) groups excluding carboxylic acids is 2. The Bertz CT molecular complexity index is 761. The molecule has 1 atom stereocenters. The summed E-state index contributed by atoms with van der Waals surface area (Å²) < 4.78 is 0. The largest absolute Gasteiger partial charge is 0.363 e. The predicted molar refractivity (Wildman–Crippen MR) is 98.7 cm³/mol. The zero-order chi connectivity index (χ0) is 18.5. The van der Waals surface area contributed by atoms with Gasteiger partial charge in [-0.3, -0.25) is 14.6 Å². The van der Waals surface area contributed by atoms with Crippen LogP contribution in [0.1, 0.15) is 28.9 Å². The van der Waals surface area contributed by atoms with Gasteiger partial charge in [0.05, 0.1) is 17.8 Å². The quantitative estimate of drug-likeness (QED) is 0.851. The van der Waals surface area contributed by atoms with Crippen molar-refractivity contribution in [3.63, 3.8) is 0 Å². The van der Waals surface area contributed by atoms with Gasteiger partial charge in [0.15, 0.2) is 0 Å². The number of rotatable bonds is 6. The van der Waals surface area contributed by atoms with Crippen molar-refractivity contribution in [2.45, 2.75) is 25.4 Å². The monoisotopic (exact) mass is 353 g/mol. The highest BCUT2D eigenvalue weighted by atomic mass is 16.2. The highest BCUT2D eigenvalue weighted by Crippen LogP contribution is 2.15. The van der Waals surface area contributed by atoms with Crippen LogP contribution in [0.5, 0.6) is 0 Å². The summed E-state index contributed by atoms with van der Waals surface area (Å²) in [7, 11) is 3.81. The van der Waals surface area contributed by atoms with E-state index in [1.165, 1.54) is 0 Å². The second-order valence-corrected chi connectivity index (χ2v) is 6.61. The molecule has 1 aliphatic rings. The molecule has 0 radical (unpaired) electrons. The van der Waals surface area contributed by atoms with Crippen molar-refractivity contribution in [3.05, 3.63) is 54.0 Å². The summed E-state index contributed by atoms with van der Waals surface area (Å²) in [5, 5.41) is 2.92. The van der Waals surface area contributed by atoms with Gasteiger partial charge in [0.25, 0.3) is 5.91 Å². The Hall–Kier alpha value is -2.96. The number of amides is 2. The van der Waals surface area contributed by atoms with Gasteiger partial charge in [0, 0.05) is 45.5 Å². The lowest BCUT2D eigenvalue weighted by molar-refractivity contribution is -0.119. The van der Waals surface area contributed by atoms with Crippen molar-refractivity contribution in [1.82, 2.24) is 20.2 Å². The van der Waals surface area contributed by atoms with E-state index in [2.05, 4.69) is 15.3 Å². The van der Waals surface area contributed by atoms with Crippen LogP contribution in [0.3, 0.4) is 0 Å². The van der Waals surface area contributed by atoms with Gasteiger partial charge in [-0.25, -0.2) is 4.98 Å². The van der Waals surface area contributed by atoms with Crippen LogP contribution in [-0.2, 0) is 11.3 Å². The van der Waals surface area contributed by atoms with Crippen LogP contribution in [-0.4, -0.2) is 53.4 Å². The molecular weight excluding hydrogens is 330 g/mol. The molecule has 3 rings (SSSR count). The Morgan fingerprint density at radius 3 is 2.65 bits per heavy atom. The zero-order valence-electron chi connectivity index (χ0n) is 15.1. The molecule has 2 aromatic heterocycles. The van der Waals surface area contributed by atoms with E-state index < -0.39 is 0 Å². The average molecular weight is 353 g/mol. The molecule has 2 aromatic rings. The fourth-order valence-corrected chi connectivity index (χ4v) is 2.95. The molecule has 2 amide bonds. The van der Waals surface area contributed by atoms with Crippen LogP contribution in [0.15, 0.2) is 42.7 Å². The van der Waals surface area contributed by atoms with E-state index in [0.29, 0.717) is 25.1 Å². The molecule has 1 N–H and O–H groups in total. The maximum absolute atomic E-state index is 13.0. The maximum Gasteiger partial charge on any atom is 0.255 e. The van der Waals surface area contributed by atoms with Crippen molar-refractivity contribution in [1.29, 1.82) is 0 Å². The van der Waals surface area contributed by atoms with Crippen molar-refractivity contribution in [3.8, 4) is 0 Å². The Kier molecular flexibility index (Phi) is 5.46. The van der Waals surface area contributed by atoms with Crippen LogP contribution in [0.25, 0.3) is 0 Å². The lowest BCUT2D eigenvalue weighted by atomic mass is 10.1. The Morgan fingerprint density at radius 2 is 2.08 bits per heavy atom. The summed E-state index contributed by atoms with van der Waals surface area (Å²) in [5.41, 5.74) is 1.33. The number of aromatic nitrogens is 2. The van der Waals surface area contributed by atoms with E-state index in [1.54, 1.807) is 23.4 Å². The standard InChI is InChI=1S/C19H23N5O2/c1-23(2)17-8-6-14(11-21-17)19(26)24(12-15-5-3-4-10-20-15)13-16-7-9-18(25)22-16/h3-6,8,10-11,16H,7,9,12-13H2,1-2H3,(H,22,25)/t16-/m0/s1. The first-order chi connectivity index (χ1) is 12.5. The smallest absolute Gasteiger partial charge is 0.255 e. The van der Waals surface area contributed by atoms with E-state index in [-0.39, 0.29) is 17.9 Å². The van der Waals surface area contributed by atoms with Gasteiger partial charge >= 0.3 is 0 Å². The maximum atomic E-state index is 13.0. The average Bonchev–Trinajstić information content (AvgIpc) is 3.06. The van der Waals surface area contributed by atoms with Crippen molar-refractivity contribution >= 4 is 17.6 Å². The van der Waals surface area contributed by atoms with Crippen LogP contribution in [0.4, 0.5) is 5.82 Å². The third-order valence-corrected chi connectivity index (χ3v) is 4.34. The first kappa shape index (κ1) is 17.8. The molecule has 1 aliphatic heterocycles. The van der Waals surface area contributed by atoms with Gasteiger partial charge in [-0.15, -0.1) is 0 Å². The van der Waals surface area contributed by atoms with E-state index in [4.69, 9.17) is 0 Å². The summed E-state index contributed by atoms with van der Waals surface area (Å²) in [5.74, 6) is 0.715. The number of nitrogens with one attached hydrogen (secondary N) is 1. The first-order valence-electron chi connectivity index (χ1n) is 8.65. The molecule has 1 fully saturated rings. The van der Waals surface area contributed by atoms with E-state index in [0.717, 1.165) is 17.9 Å². The van der Waals surface area contributed by atoms with Crippen molar-refractivity contribution < 1.29 is 9.59 Å². The highest BCUT2D eigenvalue weighted by Gasteiger charge is 2.26. The van der Waals surface area contributed by atoms with Crippen molar-refractivity contribution in [2.24, 2.45) is 0 Å². The summed E-state index contributed by atoms with van der Waals surface area (Å²) in [4.78, 5) is 36.8. The third-order valence-electron chi connectivity index (χ3n) is 4.34. The second-order valence-electron chi connectivity index (χ2n) is 6.61. The molecule has 136 valence electrons. The molecule has 0 saturated carbocycles. The van der Waals surface area contributed by atoms with Gasteiger partial charge in [-0.05, 0) is 30.7 Å². The van der Waals surface area contributed by atoms with Gasteiger partial charge in [-0.1, -0.05) is 6.07 Å². The summed E-state index contributed by atoms with van der Waals surface area (Å²) in [6.45, 7) is 0.845. The van der Waals surface area contributed by atoms with Crippen LogP contribution >= 0.6 is 0 Å². The van der Waals surface area contributed by atoms with Crippen LogP contribution in [0.2, 0.25) is 0 Å². The minimum absolute atomic E-state index is 0.0239. The van der Waals surface area contributed by atoms with Gasteiger partial charge < -0.3 is 15.1 Å². The fraction of sp³-hybridized carbons (Fsp3) is 0.368. The van der Waals surface area contributed by atoms with E-state index >= 15 is 0 Å². The molecule has 3 heterocycles. The van der Waals surface area contributed by atoms with Gasteiger partial charge in [-0.2, -0.15) is 0 Å². The number of hydrogen-bond donors (Lipinski definition) is 1. The lowest BCUT2D eigenvalue weighted by Gasteiger charge is -2.25. The molecule has 0 spiro atoms. The topological polar surface area (TPSA) is 78.4 Å². The molecule has 0 bridgehead atoms. The molecule has 0 unspecified atom stereocenters. The highest BCUT2D eigenvalue weighted by molar-refractivity contribution is 5.94.